The predicted molar refractivity (Wildman–Crippen MR) is 108 cm³/mol. The molecule has 4 nitrogen and oxygen atoms in total. The molecule has 30 heavy (non-hydrogen) atoms. The zero-order valence-corrected chi connectivity index (χ0v) is 16.5. The molecule has 2 aromatic carbocycles. The van der Waals surface area contributed by atoms with E-state index in [9.17, 15) is 18.0 Å². The fourth-order valence-electron chi connectivity index (χ4n) is 4.00. The normalized spacial score (nSPS) is 16.2. The van der Waals surface area contributed by atoms with Gasteiger partial charge in [0.1, 0.15) is 5.82 Å². The number of fused-ring (bicyclic) bond motifs is 1. The van der Waals surface area contributed by atoms with E-state index in [0.29, 0.717) is 11.4 Å². The van der Waals surface area contributed by atoms with Crippen LogP contribution < -0.4 is 5.32 Å². The summed E-state index contributed by atoms with van der Waals surface area (Å²) < 4.78 is 40.0. The molecule has 0 aliphatic heterocycles. The van der Waals surface area contributed by atoms with Gasteiger partial charge < -0.3 is 5.32 Å². The maximum Gasteiger partial charge on any atom is 0.416 e. The third-order valence-corrected chi connectivity index (χ3v) is 5.52. The van der Waals surface area contributed by atoms with Gasteiger partial charge >= 0.3 is 6.18 Å². The standard InChI is InChI=1S/C23H22F3N3O/c1-15-14-27-29(20-8-4-6-17-5-2-3-7-19(17)20)22(15)28-21(30)13-16-9-11-18(12-10-16)23(24,25)26/h2-3,5,7,9-12,14,20H,4,6,8,13H2,1H3,(H,28,30). The Kier molecular flexibility index (Phi) is 5.37. The lowest BCUT2D eigenvalue weighted by Crippen LogP contribution is -2.23. The molecule has 156 valence electrons. The number of carbonyl (C=O) groups is 1. The molecule has 0 radical (unpaired) electrons. The van der Waals surface area contributed by atoms with Crippen LogP contribution in [0.3, 0.4) is 0 Å². The van der Waals surface area contributed by atoms with Crippen LogP contribution >= 0.6 is 0 Å². The van der Waals surface area contributed by atoms with Crippen molar-refractivity contribution in [3.05, 3.63) is 82.5 Å². The smallest absolute Gasteiger partial charge is 0.310 e. The number of amides is 1. The van der Waals surface area contributed by atoms with Gasteiger partial charge in [0.2, 0.25) is 5.91 Å². The van der Waals surface area contributed by atoms with E-state index in [2.05, 4.69) is 22.5 Å². The highest BCUT2D eigenvalue weighted by molar-refractivity contribution is 5.92. The molecule has 0 bridgehead atoms. The lowest BCUT2D eigenvalue weighted by Gasteiger charge is -2.27. The van der Waals surface area contributed by atoms with E-state index in [1.54, 1.807) is 6.20 Å². The van der Waals surface area contributed by atoms with Crippen LogP contribution in [0.2, 0.25) is 0 Å². The minimum absolute atomic E-state index is 0.00991. The van der Waals surface area contributed by atoms with Crippen LogP contribution in [0, 0.1) is 6.92 Å². The zero-order chi connectivity index (χ0) is 21.3. The number of anilines is 1. The highest BCUT2D eigenvalue weighted by atomic mass is 19.4. The summed E-state index contributed by atoms with van der Waals surface area (Å²) in [5.74, 6) is 0.345. The molecular weight excluding hydrogens is 391 g/mol. The number of halogens is 3. The van der Waals surface area contributed by atoms with Gasteiger partial charge in [0.25, 0.3) is 0 Å². The average Bonchev–Trinajstić information content (AvgIpc) is 3.07. The third-order valence-electron chi connectivity index (χ3n) is 5.52. The van der Waals surface area contributed by atoms with E-state index in [-0.39, 0.29) is 18.4 Å². The fraction of sp³-hybridized carbons (Fsp3) is 0.304. The summed E-state index contributed by atoms with van der Waals surface area (Å²) >= 11 is 0. The molecule has 1 unspecified atom stereocenters. The molecule has 1 aromatic heterocycles. The van der Waals surface area contributed by atoms with Gasteiger partial charge in [-0.25, -0.2) is 4.68 Å². The highest BCUT2D eigenvalue weighted by Gasteiger charge is 2.30. The number of aromatic nitrogens is 2. The zero-order valence-electron chi connectivity index (χ0n) is 16.5. The summed E-state index contributed by atoms with van der Waals surface area (Å²) in [6.07, 6.45) is 0.331. The van der Waals surface area contributed by atoms with Crippen molar-refractivity contribution < 1.29 is 18.0 Å². The molecule has 0 fully saturated rings. The first kappa shape index (κ1) is 20.2. The van der Waals surface area contributed by atoms with Gasteiger partial charge in [0.15, 0.2) is 0 Å². The van der Waals surface area contributed by atoms with Gasteiger partial charge in [-0.2, -0.15) is 18.3 Å². The maximum absolute atomic E-state index is 12.7. The number of aryl methyl sites for hydroxylation is 2. The van der Waals surface area contributed by atoms with Gasteiger partial charge in [-0.15, -0.1) is 0 Å². The number of hydrogen-bond donors (Lipinski definition) is 1. The van der Waals surface area contributed by atoms with Gasteiger partial charge in [-0.3, -0.25) is 4.79 Å². The number of nitrogens with one attached hydrogen (secondary N) is 1. The van der Waals surface area contributed by atoms with Gasteiger partial charge in [-0.1, -0.05) is 36.4 Å². The Balaban J connectivity index is 1.52. The van der Waals surface area contributed by atoms with Crippen LogP contribution in [0.1, 0.15) is 46.7 Å². The first-order chi connectivity index (χ1) is 14.3. The van der Waals surface area contributed by atoms with Crippen molar-refractivity contribution in [3.63, 3.8) is 0 Å². The van der Waals surface area contributed by atoms with E-state index in [1.165, 1.54) is 23.3 Å². The molecule has 1 amide bonds. The molecule has 1 N–H and O–H groups in total. The van der Waals surface area contributed by atoms with Crippen molar-refractivity contribution >= 4 is 11.7 Å². The first-order valence-corrected chi connectivity index (χ1v) is 9.91. The SMILES string of the molecule is Cc1cnn(C2CCCc3ccccc32)c1NC(=O)Cc1ccc(C(F)(F)F)cc1. The highest BCUT2D eigenvalue weighted by Crippen LogP contribution is 2.35. The van der Waals surface area contributed by atoms with Gasteiger partial charge in [-0.05, 0) is 55.0 Å². The fourth-order valence-corrected chi connectivity index (χ4v) is 4.00. The summed E-state index contributed by atoms with van der Waals surface area (Å²) in [4.78, 5) is 12.6. The maximum atomic E-state index is 12.7. The molecule has 7 heteroatoms. The summed E-state index contributed by atoms with van der Waals surface area (Å²) in [6.45, 7) is 1.88. The molecular formula is C23H22F3N3O. The van der Waals surface area contributed by atoms with E-state index >= 15 is 0 Å². The van der Waals surface area contributed by atoms with Crippen molar-refractivity contribution in [1.29, 1.82) is 0 Å². The van der Waals surface area contributed by atoms with Crippen molar-refractivity contribution in [1.82, 2.24) is 9.78 Å². The Morgan fingerprint density at radius 1 is 1.17 bits per heavy atom. The molecule has 4 rings (SSSR count). The number of nitrogens with zero attached hydrogens (tertiary/aromatic N) is 2. The second-order valence-corrected chi connectivity index (χ2v) is 7.65. The Labute approximate surface area is 172 Å². The third kappa shape index (κ3) is 4.10. The molecule has 0 saturated carbocycles. The number of carbonyl (C=O) groups excluding carboxylic acids is 1. The van der Waals surface area contributed by atoms with Gasteiger partial charge in [0.05, 0.1) is 24.2 Å². The minimum atomic E-state index is -4.39. The van der Waals surface area contributed by atoms with Crippen LogP contribution in [-0.2, 0) is 23.8 Å². The van der Waals surface area contributed by atoms with Crippen LogP contribution in [-0.4, -0.2) is 15.7 Å². The van der Waals surface area contributed by atoms with E-state index < -0.39 is 11.7 Å². The Hall–Kier alpha value is -3.09. The summed E-state index contributed by atoms with van der Waals surface area (Å²) in [5, 5.41) is 7.43. The van der Waals surface area contributed by atoms with Crippen LogP contribution in [0.4, 0.5) is 19.0 Å². The van der Waals surface area contributed by atoms with Crippen LogP contribution in [0.15, 0.2) is 54.7 Å². The monoisotopic (exact) mass is 413 g/mol. The Morgan fingerprint density at radius 2 is 1.90 bits per heavy atom. The topological polar surface area (TPSA) is 46.9 Å². The number of alkyl halides is 3. The first-order valence-electron chi connectivity index (χ1n) is 9.91. The molecule has 1 aliphatic rings. The summed E-state index contributed by atoms with van der Waals surface area (Å²) in [5.41, 5.74) is 3.15. The summed E-state index contributed by atoms with van der Waals surface area (Å²) in [6, 6.07) is 13.0. The number of hydrogen-bond acceptors (Lipinski definition) is 2. The van der Waals surface area contributed by atoms with E-state index in [1.807, 2.05) is 23.7 Å². The quantitative estimate of drug-likeness (QED) is 0.630. The molecule has 3 aromatic rings. The van der Waals surface area contributed by atoms with Crippen LogP contribution in [0.5, 0.6) is 0 Å². The van der Waals surface area contributed by atoms with E-state index in [0.717, 1.165) is 37.0 Å². The molecule has 0 spiro atoms. The minimum Gasteiger partial charge on any atom is -0.310 e. The van der Waals surface area contributed by atoms with Crippen LogP contribution in [0.25, 0.3) is 0 Å². The molecule has 0 saturated heterocycles. The number of rotatable bonds is 4. The Bertz CT molecular complexity index is 1050. The number of benzene rings is 2. The second kappa shape index (κ2) is 7.97. The van der Waals surface area contributed by atoms with Crippen molar-refractivity contribution in [3.8, 4) is 0 Å². The van der Waals surface area contributed by atoms with E-state index in [4.69, 9.17) is 0 Å². The Morgan fingerprint density at radius 3 is 2.63 bits per heavy atom. The van der Waals surface area contributed by atoms with Gasteiger partial charge in [0, 0.05) is 5.56 Å². The largest absolute Gasteiger partial charge is 0.416 e. The lowest BCUT2D eigenvalue weighted by atomic mass is 9.88. The molecule has 1 atom stereocenters. The summed E-state index contributed by atoms with van der Waals surface area (Å²) in [7, 11) is 0. The lowest BCUT2D eigenvalue weighted by molar-refractivity contribution is -0.137. The predicted octanol–water partition coefficient (Wildman–Crippen LogP) is 5.32. The van der Waals surface area contributed by atoms with Crippen molar-refractivity contribution in [2.24, 2.45) is 0 Å². The van der Waals surface area contributed by atoms with Crippen molar-refractivity contribution in [2.45, 2.75) is 44.8 Å². The molecule has 1 heterocycles. The second-order valence-electron chi connectivity index (χ2n) is 7.65. The molecule has 1 aliphatic carbocycles. The van der Waals surface area contributed by atoms with Crippen molar-refractivity contribution in [2.75, 3.05) is 5.32 Å². The average molecular weight is 413 g/mol.